The van der Waals surface area contributed by atoms with E-state index in [4.69, 9.17) is 11.6 Å². The fourth-order valence-corrected chi connectivity index (χ4v) is 3.42. The van der Waals surface area contributed by atoms with Crippen LogP contribution in [0.3, 0.4) is 0 Å². The lowest BCUT2D eigenvalue weighted by atomic mass is 9.98. The molecule has 5 nitrogen and oxygen atoms in total. The monoisotopic (exact) mass is 407 g/mol. The molecule has 0 saturated heterocycles. The number of H-pyrrole nitrogens is 1. The zero-order valence-electron chi connectivity index (χ0n) is 15.0. The Labute approximate surface area is 170 Å². The van der Waals surface area contributed by atoms with Gasteiger partial charge in [-0.3, -0.25) is 9.59 Å². The van der Waals surface area contributed by atoms with Crippen LogP contribution in [0.5, 0.6) is 0 Å². The molecule has 0 aliphatic carbocycles. The van der Waals surface area contributed by atoms with E-state index in [0.717, 1.165) is 0 Å². The molecule has 4 rings (SSSR count). The van der Waals surface area contributed by atoms with Crippen molar-refractivity contribution in [1.29, 1.82) is 0 Å². The van der Waals surface area contributed by atoms with Gasteiger partial charge in [-0.25, -0.2) is 9.49 Å². The highest BCUT2D eigenvalue weighted by Crippen LogP contribution is 2.26. The first-order valence-electron chi connectivity index (χ1n) is 8.82. The first kappa shape index (κ1) is 18.8. The minimum absolute atomic E-state index is 0.0728. The smallest absolute Gasteiger partial charge is 0.273 e. The Morgan fingerprint density at radius 2 is 1.66 bits per heavy atom. The van der Waals surface area contributed by atoms with E-state index in [9.17, 15) is 14.0 Å². The Kier molecular flexibility index (Phi) is 5.10. The standard InChI is InChI=1S/C22H15ClFN3O2/c23-15-7-3-5-13(11-15)19(14-6-4-8-16(24)12-14)25-22(29)20-17-9-1-2-10-18(17)21(28)27-26-20/h1-12,19H,(H,25,29)(H,27,28). The normalized spacial score (nSPS) is 11.9. The summed E-state index contributed by atoms with van der Waals surface area (Å²) in [4.78, 5) is 25.1. The summed E-state index contributed by atoms with van der Waals surface area (Å²) in [6.45, 7) is 0. The number of nitrogens with one attached hydrogen (secondary N) is 2. The molecule has 1 aromatic heterocycles. The Balaban J connectivity index is 1.78. The van der Waals surface area contributed by atoms with Crippen molar-refractivity contribution in [1.82, 2.24) is 15.5 Å². The summed E-state index contributed by atoms with van der Waals surface area (Å²) < 4.78 is 13.8. The fourth-order valence-electron chi connectivity index (χ4n) is 3.22. The number of halogens is 2. The Morgan fingerprint density at radius 3 is 2.38 bits per heavy atom. The first-order chi connectivity index (χ1) is 14.0. The third-order valence-corrected chi connectivity index (χ3v) is 4.79. The summed E-state index contributed by atoms with van der Waals surface area (Å²) in [5.74, 6) is -0.928. The molecule has 2 N–H and O–H groups in total. The van der Waals surface area contributed by atoms with Crippen LogP contribution < -0.4 is 10.9 Å². The zero-order chi connectivity index (χ0) is 20.4. The molecule has 144 valence electrons. The van der Waals surface area contributed by atoms with Gasteiger partial charge >= 0.3 is 0 Å². The predicted octanol–water partition coefficient (Wildman–Crippen LogP) is 4.24. The van der Waals surface area contributed by atoms with Crippen LogP contribution in [0, 0.1) is 5.82 Å². The van der Waals surface area contributed by atoms with Crippen LogP contribution in [0.15, 0.2) is 77.6 Å². The lowest BCUT2D eigenvalue weighted by Gasteiger charge is -2.20. The highest BCUT2D eigenvalue weighted by Gasteiger charge is 2.21. The van der Waals surface area contributed by atoms with Crippen LogP contribution in [0.2, 0.25) is 5.02 Å². The van der Waals surface area contributed by atoms with E-state index in [-0.39, 0.29) is 11.3 Å². The van der Waals surface area contributed by atoms with Crippen molar-refractivity contribution in [3.63, 3.8) is 0 Å². The summed E-state index contributed by atoms with van der Waals surface area (Å²) in [5, 5.41) is 10.4. The van der Waals surface area contributed by atoms with Gasteiger partial charge in [0.05, 0.1) is 11.4 Å². The van der Waals surface area contributed by atoms with Crippen LogP contribution >= 0.6 is 11.6 Å². The summed E-state index contributed by atoms with van der Waals surface area (Å²) in [7, 11) is 0. The van der Waals surface area contributed by atoms with Crippen molar-refractivity contribution in [3.05, 3.63) is 111 Å². The molecule has 3 aromatic carbocycles. The van der Waals surface area contributed by atoms with Crippen molar-refractivity contribution in [2.45, 2.75) is 6.04 Å². The number of carbonyl (C=O) groups is 1. The van der Waals surface area contributed by atoms with Gasteiger partial charge in [-0.2, -0.15) is 5.10 Å². The van der Waals surface area contributed by atoms with Crippen molar-refractivity contribution >= 4 is 28.3 Å². The average molecular weight is 408 g/mol. The van der Waals surface area contributed by atoms with Crippen molar-refractivity contribution in [2.24, 2.45) is 0 Å². The van der Waals surface area contributed by atoms with Gasteiger partial charge in [0.2, 0.25) is 0 Å². The quantitative estimate of drug-likeness (QED) is 0.531. The van der Waals surface area contributed by atoms with E-state index in [2.05, 4.69) is 15.5 Å². The number of carbonyl (C=O) groups excluding carboxylic acids is 1. The van der Waals surface area contributed by atoms with Gasteiger partial charge in [-0.05, 0) is 41.5 Å². The molecule has 0 fully saturated rings. The Bertz CT molecular complexity index is 1230. The second-order valence-corrected chi connectivity index (χ2v) is 6.90. The summed E-state index contributed by atoms with van der Waals surface area (Å²) in [5.41, 5.74) is 0.928. The molecule has 1 amide bonds. The summed E-state index contributed by atoms with van der Waals surface area (Å²) in [6.07, 6.45) is 0. The minimum atomic E-state index is -0.663. The van der Waals surface area contributed by atoms with Crippen molar-refractivity contribution in [2.75, 3.05) is 0 Å². The summed E-state index contributed by atoms with van der Waals surface area (Å²) in [6, 6.07) is 19.0. The van der Waals surface area contributed by atoms with E-state index >= 15 is 0 Å². The number of fused-ring (bicyclic) bond motifs is 1. The molecule has 4 aromatic rings. The van der Waals surface area contributed by atoms with E-state index < -0.39 is 17.8 Å². The molecule has 0 saturated carbocycles. The maximum Gasteiger partial charge on any atom is 0.273 e. The van der Waals surface area contributed by atoms with Gasteiger partial charge in [0.15, 0.2) is 5.69 Å². The van der Waals surface area contributed by atoms with Crippen molar-refractivity contribution in [3.8, 4) is 0 Å². The number of amides is 1. The molecule has 1 heterocycles. The molecular formula is C22H15ClFN3O2. The minimum Gasteiger partial charge on any atom is -0.340 e. The van der Waals surface area contributed by atoms with Crippen LogP contribution in [0.1, 0.15) is 27.7 Å². The molecule has 0 bridgehead atoms. The van der Waals surface area contributed by atoms with Crippen molar-refractivity contribution < 1.29 is 9.18 Å². The SMILES string of the molecule is O=C(NC(c1cccc(F)c1)c1cccc(Cl)c1)c1n[nH]c(=O)c2ccccc12. The molecule has 0 aliphatic heterocycles. The number of benzene rings is 3. The molecule has 1 unspecified atom stereocenters. The maximum atomic E-state index is 13.8. The number of hydrogen-bond donors (Lipinski definition) is 2. The van der Waals surface area contributed by atoms with Gasteiger partial charge in [0.25, 0.3) is 11.5 Å². The lowest BCUT2D eigenvalue weighted by Crippen LogP contribution is -2.31. The molecular weight excluding hydrogens is 393 g/mol. The van der Waals surface area contributed by atoms with Crippen LogP contribution in [-0.2, 0) is 0 Å². The average Bonchev–Trinajstić information content (AvgIpc) is 2.72. The molecule has 0 spiro atoms. The number of aromatic amines is 1. The number of aromatic nitrogens is 2. The van der Waals surface area contributed by atoms with E-state index in [1.54, 1.807) is 60.7 Å². The Hall–Kier alpha value is -3.51. The third-order valence-electron chi connectivity index (χ3n) is 4.55. The van der Waals surface area contributed by atoms with Crippen LogP contribution in [-0.4, -0.2) is 16.1 Å². The van der Waals surface area contributed by atoms with E-state index in [1.165, 1.54) is 12.1 Å². The summed E-state index contributed by atoms with van der Waals surface area (Å²) >= 11 is 6.12. The highest BCUT2D eigenvalue weighted by atomic mass is 35.5. The maximum absolute atomic E-state index is 13.8. The predicted molar refractivity (Wildman–Crippen MR) is 110 cm³/mol. The second kappa shape index (κ2) is 7.85. The van der Waals surface area contributed by atoms with Crippen LogP contribution in [0.4, 0.5) is 4.39 Å². The Morgan fingerprint density at radius 1 is 0.966 bits per heavy atom. The van der Waals surface area contributed by atoms with Gasteiger partial charge < -0.3 is 5.32 Å². The van der Waals surface area contributed by atoms with Gasteiger partial charge in [0.1, 0.15) is 5.82 Å². The van der Waals surface area contributed by atoms with Gasteiger partial charge in [0, 0.05) is 10.4 Å². The third kappa shape index (κ3) is 3.88. The van der Waals surface area contributed by atoms with E-state index in [1.807, 2.05) is 0 Å². The highest BCUT2D eigenvalue weighted by molar-refractivity contribution is 6.30. The fraction of sp³-hybridized carbons (Fsp3) is 0.0455. The largest absolute Gasteiger partial charge is 0.340 e. The van der Waals surface area contributed by atoms with E-state index in [0.29, 0.717) is 26.9 Å². The number of nitrogens with zero attached hydrogens (tertiary/aromatic N) is 1. The molecule has 0 radical (unpaired) electrons. The van der Waals surface area contributed by atoms with Crippen LogP contribution in [0.25, 0.3) is 10.8 Å². The number of hydrogen-bond acceptors (Lipinski definition) is 3. The molecule has 1 atom stereocenters. The molecule has 0 aliphatic rings. The topological polar surface area (TPSA) is 74.8 Å². The van der Waals surface area contributed by atoms with Gasteiger partial charge in [-0.1, -0.05) is 54.1 Å². The molecule has 29 heavy (non-hydrogen) atoms. The zero-order valence-corrected chi connectivity index (χ0v) is 15.8. The lowest BCUT2D eigenvalue weighted by molar-refractivity contribution is 0.0938. The molecule has 7 heteroatoms. The van der Waals surface area contributed by atoms with Gasteiger partial charge in [-0.15, -0.1) is 0 Å². The number of rotatable bonds is 4. The first-order valence-corrected chi connectivity index (χ1v) is 9.20. The second-order valence-electron chi connectivity index (χ2n) is 6.46.